The number of nitrogen functional groups attached to an aromatic ring is 1. The van der Waals surface area contributed by atoms with Gasteiger partial charge in [0.2, 0.25) is 5.95 Å². The highest BCUT2D eigenvalue weighted by molar-refractivity contribution is 5.76. The van der Waals surface area contributed by atoms with Crippen LogP contribution in [0.25, 0.3) is 11.0 Å². The molecule has 0 bridgehead atoms. The summed E-state index contributed by atoms with van der Waals surface area (Å²) in [5, 5.41) is 0. The fraction of sp³-hybridized carbons (Fsp3) is 0.538. The first kappa shape index (κ1) is 12.8. The quantitative estimate of drug-likeness (QED) is 0.763. The van der Waals surface area contributed by atoms with Crippen molar-refractivity contribution < 1.29 is 4.74 Å². The average molecular weight is 248 g/mol. The number of aromatic nitrogens is 3. The molecule has 0 unspecified atom stereocenters. The van der Waals surface area contributed by atoms with Crippen molar-refractivity contribution in [3.63, 3.8) is 0 Å². The molecule has 0 aliphatic heterocycles. The van der Waals surface area contributed by atoms with Gasteiger partial charge in [-0.05, 0) is 18.9 Å². The minimum atomic E-state index is 0.548. The molecule has 0 aromatic carbocycles. The normalized spacial score (nSPS) is 11.2. The van der Waals surface area contributed by atoms with Gasteiger partial charge in [-0.3, -0.25) is 4.98 Å². The fourth-order valence-electron chi connectivity index (χ4n) is 1.91. The number of hydrogen-bond donors (Lipinski definition) is 1. The lowest BCUT2D eigenvalue weighted by Gasteiger charge is -2.07. The van der Waals surface area contributed by atoms with E-state index in [-0.39, 0.29) is 0 Å². The summed E-state index contributed by atoms with van der Waals surface area (Å²) in [6.07, 6.45) is 6.74. The van der Waals surface area contributed by atoms with Gasteiger partial charge in [-0.15, -0.1) is 0 Å². The Hall–Kier alpha value is -1.62. The molecule has 0 saturated heterocycles. The van der Waals surface area contributed by atoms with Crippen molar-refractivity contribution in [2.75, 3.05) is 18.9 Å². The Morgan fingerprint density at radius 1 is 1.33 bits per heavy atom. The van der Waals surface area contributed by atoms with Gasteiger partial charge in [-0.25, -0.2) is 4.98 Å². The van der Waals surface area contributed by atoms with Gasteiger partial charge in [0.25, 0.3) is 0 Å². The number of nitrogens with two attached hydrogens (primary N) is 1. The smallest absolute Gasteiger partial charge is 0.201 e. The van der Waals surface area contributed by atoms with Gasteiger partial charge in [-0.2, -0.15) is 0 Å². The number of aryl methyl sites for hydroxylation is 1. The van der Waals surface area contributed by atoms with Gasteiger partial charge in [0.05, 0.1) is 11.7 Å². The summed E-state index contributed by atoms with van der Waals surface area (Å²) >= 11 is 0. The Balaban J connectivity index is 1.89. The Kier molecular flexibility index (Phi) is 4.52. The molecule has 2 N–H and O–H groups in total. The zero-order valence-electron chi connectivity index (χ0n) is 10.8. The molecule has 2 rings (SSSR count). The van der Waals surface area contributed by atoms with Crippen molar-refractivity contribution >= 4 is 17.0 Å². The number of unbranched alkanes of at least 4 members (excludes halogenated alkanes) is 1. The van der Waals surface area contributed by atoms with Gasteiger partial charge >= 0.3 is 0 Å². The van der Waals surface area contributed by atoms with Crippen molar-refractivity contribution in [1.29, 1.82) is 0 Å². The van der Waals surface area contributed by atoms with Gasteiger partial charge in [0.15, 0.2) is 0 Å². The highest BCUT2D eigenvalue weighted by atomic mass is 16.5. The van der Waals surface area contributed by atoms with Gasteiger partial charge in [0.1, 0.15) is 5.52 Å². The summed E-state index contributed by atoms with van der Waals surface area (Å²) in [5.41, 5.74) is 7.79. The SMILES string of the molecule is CCCCOCCCn1c(N)nc2cnccc21. The van der Waals surface area contributed by atoms with Crippen molar-refractivity contribution in [3.8, 4) is 0 Å². The topological polar surface area (TPSA) is 66.0 Å². The molecule has 0 fully saturated rings. The molecule has 0 aliphatic carbocycles. The zero-order chi connectivity index (χ0) is 12.8. The van der Waals surface area contributed by atoms with Gasteiger partial charge in [-0.1, -0.05) is 13.3 Å². The number of rotatable bonds is 7. The predicted molar refractivity (Wildman–Crippen MR) is 72.3 cm³/mol. The molecular weight excluding hydrogens is 228 g/mol. The number of nitrogens with zero attached hydrogens (tertiary/aromatic N) is 3. The number of hydrogen-bond acceptors (Lipinski definition) is 4. The van der Waals surface area contributed by atoms with Crippen molar-refractivity contribution in [3.05, 3.63) is 18.5 Å². The second-order valence-electron chi connectivity index (χ2n) is 4.31. The maximum atomic E-state index is 5.90. The first-order valence-electron chi connectivity index (χ1n) is 6.46. The van der Waals surface area contributed by atoms with Crippen LogP contribution in [0.5, 0.6) is 0 Å². The van der Waals surface area contributed by atoms with E-state index in [2.05, 4.69) is 16.9 Å². The summed E-state index contributed by atoms with van der Waals surface area (Å²) in [6, 6.07) is 1.94. The molecule has 0 saturated carbocycles. The highest BCUT2D eigenvalue weighted by Gasteiger charge is 2.06. The van der Waals surface area contributed by atoms with E-state index in [1.165, 1.54) is 6.42 Å². The monoisotopic (exact) mass is 248 g/mol. The molecule has 0 radical (unpaired) electrons. The van der Waals surface area contributed by atoms with Crippen molar-refractivity contribution in [1.82, 2.24) is 14.5 Å². The maximum absolute atomic E-state index is 5.90. The van der Waals surface area contributed by atoms with Crippen LogP contribution in [0.2, 0.25) is 0 Å². The number of anilines is 1. The molecule has 2 aromatic heterocycles. The molecule has 98 valence electrons. The van der Waals surface area contributed by atoms with Crippen LogP contribution in [0.4, 0.5) is 5.95 Å². The predicted octanol–water partition coefficient (Wildman–Crippen LogP) is 2.22. The fourth-order valence-corrected chi connectivity index (χ4v) is 1.91. The van der Waals surface area contributed by atoms with Crippen LogP contribution in [0.3, 0.4) is 0 Å². The molecule has 0 aliphatic rings. The standard InChI is InChI=1S/C13H20N4O/c1-2-3-8-18-9-4-7-17-12-5-6-15-10-11(12)16-13(17)14/h5-6,10H,2-4,7-9H2,1H3,(H2,14,16). The number of imidazole rings is 1. The molecule has 2 aromatic rings. The van der Waals surface area contributed by atoms with E-state index >= 15 is 0 Å². The third kappa shape index (κ3) is 2.98. The lowest BCUT2D eigenvalue weighted by Crippen LogP contribution is -2.06. The highest BCUT2D eigenvalue weighted by Crippen LogP contribution is 2.16. The third-order valence-corrected chi connectivity index (χ3v) is 2.89. The van der Waals surface area contributed by atoms with Crippen LogP contribution in [-0.4, -0.2) is 27.7 Å². The second kappa shape index (κ2) is 6.35. The number of ether oxygens (including phenoxy) is 1. The van der Waals surface area contributed by atoms with Crippen LogP contribution in [0.15, 0.2) is 18.5 Å². The largest absolute Gasteiger partial charge is 0.381 e. The molecule has 18 heavy (non-hydrogen) atoms. The molecule has 2 heterocycles. The first-order valence-corrected chi connectivity index (χ1v) is 6.46. The van der Waals surface area contributed by atoms with E-state index in [9.17, 15) is 0 Å². The summed E-state index contributed by atoms with van der Waals surface area (Å²) in [7, 11) is 0. The summed E-state index contributed by atoms with van der Waals surface area (Å²) in [6.45, 7) is 4.61. The molecule has 0 amide bonds. The minimum Gasteiger partial charge on any atom is -0.381 e. The van der Waals surface area contributed by atoms with E-state index in [0.717, 1.165) is 43.6 Å². The molecule has 0 spiro atoms. The molecule has 0 atom stereocenters. The Morgan fingerprint density at radius 2 is 2.17 bits per heavy atom. The zero-order valence-corrected chi connectivity index (χ0v) is 10.8. The average Bonchev–Trinajstić information content (AvgIpc) is 2.70. The van der Waals surface area contributed by atoms with Crippen LogP contribution in [0.1, 0.15) is 26.2 Å². The van der Waals surface area contributed by atoms with E-state index in [1.807, 2.05) is 10.6 Å². The Labute approximate surface area is 107 Å². The molecule has 5 heteroatoms. The number of fused-ring (bicyclic) bond motifs is 1. The van der Waals surface area contributed by atoms with Crippen LogP contribution in [-0.2, 0) is 11.3 Å². The van der Waals surface area contributed by atoms with Crippen molar-refractivity contribution in [2.45, 2.75) is 32.7 Å². The van der Waals surface area contributed by atoms with E-state index in [1.54, 1.807) is 12.4 Å². The van der Waals surface area contributed by atoms with Crippen LogP contribution in [0, 0.1) is 0 Å². The number of pyridine rings is 1. The molecular formula is C13H20N4O. The van der Waals surface area contributed by atoms with Crippen molar-refractivity contribution in [2.24, 2.45) is 0 Å². The van der Waals surface area contributed by atoms with E-state index < -0.39 is 0 Å². The van der Waals surface area contributed by atoms with Gasteiger partial charge in [0, 0.05) is 26.0 Å². The van der Waals surface area contributed by atoms with Crippen LogP contribution >= 0.6 is 0 Å². The van der Waals surface area contributed by atoms with E-state index in [0.29, 0.717) is 5.95 Å². The lowest BCUT2D eigenvalue weighted by molar-refractivity contribution is 0.126. The molecule has 5 nitrogen and oxygen atoms in total. The third-order valence-electron chi connectivity index (χ3n) is 2.89. The first-order chi connectivity index (χ1) is 8.83. The van der Waals surface area contributed by atoms with Gasteiger partial charge < -0.3 is 15.0 Å². The van der Waals surface area contributed by atoms with Crippen LogP contribution < -0.4 is 5.73 Å². The minimum absolute atomic E-state index is 0.548. The maximum Gasteiger partial charge on any atom is 0.201 e. The Morgan fingerprint density at radius 3 is 3.00 bits per heavy atom. The second-order valence-corrected chi connectivity index (χ2v) is 4.31. The van der Waals surface area contributed by atoms with E-state index in [4.69, 9.17) is 10.5 Å². The summed E-state index contributed by atoms with van der Waals surface area (Å²) in [5.74, 6) is 0.548. The Bertz CT molecular complexity index is 495. The summed E-state index contributed by atoms with van der Waals surface area (Å²) in [4.78, 5) is 8.32. The lowest BCUT2D eigenvalue weighted by atomic mass is 10.3. The summed E-state index contributed by atoms with van der Waals surface area (Å²) < 4.78 is 7.55.